The van der Waals surface area contributed by atoms with Gasteiger partial charge in [0, 0.05) is 23.5 Å². The van der Waals surface area contributed by atoms with E-state index in [0.29, 0.717) is 18.0 Å². The summed E-state index contributed by atoms with van der Waals surface area (Å²) in [6, 6.07) is 15.5. The standard InChI is InChI=1S/C28H35FN2O2/c1-3-5-6-7-8-18-32-26-16-12-23(13-17-26)28-30-19-24(20-31-28)22-10-14-27(15-11-22)33-21-25(29)9-4-2/h10-17,19-20,25H,3-9,18,21H2,1-2H3. The quantitative estimate of drug-likeness (QED) is 0.236. The molecule has 0 bridgehead atoms. The molecule has 0 radical (unpaired) electrons. The maximum atomic E-state index is 13.6. The Morgan fingerprint density at radius 3 is 1.94 bits per heavy atom. The van der Waals surface area contributed by atoms with Crippen molar-refractivity contribution >= 4 is 0 Å². The zero-order chi connectivity index (χ0) is 23.3. The van der Waals surface area contributed by atoms with Gasteiger partial charge in [-0.15, -0.1) is 0 Å². The maximum Gasteiger partial charge on any atom is 0.159 e. The SMILES string of the molecule is CCCCCCCOc1ccc(-c2ncc(-c3ccc(OCC(F)CCC)cc3)cn2)cc1. The van der Waals surface area contributed by atoms with Crippen molar-refractivity contribution in [2.45, 2.75) is 65.0 Å². The number of nitrogens with zero attached hydrogens (tertiary/aromatic N) is 2. The van der Waals surface area contributed by atoms with Gasteiger partial charge in [0.25, 0.3) is 0 Å². The van der Waals surface area contributed by atoms with E-state index in [1.807, 2.05) is 67.8 Å². The van der Waals surface area contributed by atoms with Gasteiger partial charge in [0.15, 0.2) is 5.82 Å². The molecule has 0 spiro atoms. The Labute approximate surface area is 197 Å². The van der Waals surface area contributed by atoms with Crippen molar-refractivity contribution in [1.29, 1.82) is 0 Å². The van der Waals surface area contributed by atoms with Crippen LogP contribution in [0.15, 0.2) is 60.9 Å². The van der Waals surface area contributed by atoms with Crippen molar-refractivity contribution in [3.8, 4) is 34.0 Å². The van der Waals surface area contributed by atoms with Crippen molar-refractivity contribution in [2.24, 2.45) is 0 Å². The molecule has 176 valence electrons. The van der Waals surface area contributed by atoms with Crippen LogP contribution in [0.2, 0.25) is 0 Å². The lowest BCUT2D eigenvalue weighted by Crippen LogP contribution is -2.12. The summed E-state index contributed by atoms with van der Waals surface area (Å²) in [6.07, 6.45) is 10.2. The van der Waals surface area contributed by atoms with Crippen LogP contribution >= 0.6 is 0 Å². The molecule has 2 aromatic carbocycles. The summed E-state index contributed by atoms with van der Waals surface area (Å²) in [5, 5.41) is 0. The van der Waals surface area contributed by atoms with Gasteiger partial charge in [-0.3, -0.25) is 0 Å². The molecule has 0 aliphatic rings. The molecule has 3 rings (SSSR count). The Balaban J connectivity index is 1.51. The Bertz CT molecular complexity index is 928. The van der Waals surface area contributed by atoms with Crippen LogP contribution in [0.1, 0.15) is 58.8 Å². The minimum atomic E-state index is -0.924. The van der Waals surface area contributed by atoms with Crippen molar-refractivity contribution in [3.63, 3.8) is 0 Å². The molecular weight excluding hydrogens is 415 g/mol. The lowest BCUT2D eigenvalue weighted by atomic mass is 10.1. The van der Waals surface area contributed by atoms with Gasteiger partial charge in [-0.25, -0.2) is 14.4 Å². The fourth-order valence-electron chi connectivity index (χ4n) is 3.55. The first kappa shape index (κ1) is 24.7. The minimum absolute atomic E-state index is 0.0911. The molecule has 0 N–H and O–H groups in total. The highest BCUT2D eigenvalue weighted by molar-refractivity contribution is 5.64. The zero-order valence-electron chi connectivity index (χ0n) is 19.8. The number of alkyl halides is 1. The average molecular weight is 451 g/mol. The van der Waals surface area contributed by atoms with Gasteiger partial charge in [-0.05, 0) is 54.8 Å². The summed E-state index contributed by atoms with van der Waals surface area (Å²) in [7, 11) is 0. The molecule has 0 amide bonds. The summed E-state index contributed by atoms with van der Waals surface area (Å²) >= 11 is 0. The number of benzene rings is 2. The predicted molar refractivity (Wildman–Crippen MR) is 132 cm³/mol. The van der Waals surface area contributed by atoms with E-state index in [-0.39, 0.29) is 6.61 Å². The molecule has 0 aliphatic heterocycles. The summed E-state index contributed by atoms with van der Waals surface area (Å²) in [4.78, 5) is 9.06. The Morgan fingerprint density at radius 2 is 1.30 bits per heavy atom. The summed E-state index contributed by atoms with van der Waals surface area (Å²) in [6.45, 7) is 5.04. The molecule has 4 nitrogen and oxygen atoms in total. The fourth-order valence-corrected chi connectivity index (χ4v) is 3.55. The van der Waals surface area contributed by atoms with Crippen LogP contribution < -0.4 is 9.47 Å². The highest BCUT2D eigenvalue weighted by Gasteiger charge is 2.07. The van der Waals surface area contributed by atoms with E-state index in [1.54, 1.807) is 0 Å². The molecule has 0 aliphatic carbocycles. The molecule has 1 aromatic heterocycles. The van der Waals surface area contributed by atoms with Gasteiger partial charge >= 0.3 is 0 Å². The molecule has 1 atom stereocenters. The van der Waals surface area contributed by atoms with Gasteiger partial charge in [0.05, 0.1) is 6.61 Å². The summed E-state index contributed by atoms with van der Waals surface area (Å²) in [5.41, 5.74) is 2.86. The van der Waals surface area contributed by atoms with Crippen LogP contribution in [0.3, 0.4) is 0 Å². The van der Waals surface area contributed by atoms with Gasteiger partial charge in [0.1, 0.15) is 24.3 Å². The lowest BCUT2D eigenvalue weighted by molar-refractivity contribution is 0.186. The first-order valence-electron chi connectivity index (χ1n) is 12.1. The van der Waals surface area contributed by atoms with Gasteiger partial charge in [-0.1, -0.05) is 58.1 Å². The largest absolute Gasteiger partial charge is 0.494 e. The normalized spacial score (nSPS) is 11.8. The van der Waals surface area contributed by atoms with Crippen LogP contribution in [-0.4, -0.2) is 29.4 Å². The van der Waals surface area contributed by atoms with E-state index in [0.717, 1.165) is 41.9 Å². The monoisotopic (exact) mass is 450 g/mol. The zero-order valence-corrected chi connectivity index (χ0v) is 19.8. The molecule has 1 heterocycles. The van der Waals surface area contributed by atoms with Crippen molar-refractivity contribution in [3.05, 3.63) is 60.9 Å². The van der Waals surface area contributed by atoms with Crippen molar-refractivity contribution in [1.82, 2.24) is 9.97 Å². The Hall–Kier alpha value is -2.95. The van der Waals surface area contributed by atoms with E-state index in [2.05, 4.69) is 16.9 Å². The van der Waals surface area contributed by atoms with Gasteiger partial charge in [-0.2, -0.15) is 0 Å². The topological polar surface area (TPSA) is 44.2 Å². The third-order valence-electron chi connectivity index (χ3n) is 5.50. The van der Waals surface area contributed by atoms with Crippen LogP contribution in [0.4, 0.5) is 4.39 Å². The molecule has 1 unspecified atom stereocenters. The fraction of sp³-hybridized carbons (Fsp3) is 0.429. The molecule has 33 heavy (non-hydrogen) atoms. The number of ether oxygens (including phenoxy) is 2. The smallest absolute Gasteiger partial charge is 0.159 e. The maximum absolute atomic E-state index is 13.6. The highest BCUT2D eigenvalue weighted by Crippen LogP contribution is 2.24. The second kappa shape index (κ2) is 13.6. The number of hydrogen-bond donors (Lipinski definition) is 0. The second-order valence-electron chi connectivity index (χ2n) is 8.30. The van der Waals surface area contributed by atoms with E-state index in [1.165, 1.54) is 25.7 Å². The van der Waals surface area contributed by atoms with Crippen LogP contribution in [0.5, 0.6) is 11.5 Å². The van der Waals surface area contributed by atoms with Crippen LogP contribution in [0, 0.1) is 0 Å². The summed E-state index contributed by atoms with van der Waals surface area (Å²) < 4.78 is 25.0. The molecule has 0 saturated heterocycles. The van der Waals surface area contributed by atoms with Crippen molar-refractivity contribution < 1.29 is 13.9 Å². The number of rotatable bonds is 14. The number of halogens is 1. The first-order valence-corrected chi connectivity index (χ1v) is 12.1. The predicted octanol–water partition coefficient (Wildman–Crippen LogP) is 7.68. The molecule has 0 saturated carbocycles. The lowest BCUT2D eigenvalue weighted by Gasteiger charge is -2.10. The molecule has 0 fully saturated rings. The number of hydrogen-bond acceptors (Lipinski definition) is 4. The van der Waals surface area contributed by atoms with Crippen molar-refractivity contribution in [2.75, 3.05) is 13.2 Å². The Morgan fingerprint density at radius 1 is 0.697 bits per heavy atom. The Kier molecular flexibility index (Phi) is 10.1. The average Bonchev–Trinajstić information content (AvgIpc) is 2.86. The van der Waals surface area contributed by atoms with Gasteiger partial charge in [0.2, 0.25) is 0 Å². The third-order valence-corrected chi connectivity index (χ3v) is 5.50. The summed E-state index contributed by atoms with van der Waals surface area (Å²) in [5.74, 6) is 2.22. The van der Waals surface area contributed by atoms with E-state index < -0.39 is 6.17 Å². The molecule has 3 aromatic rings. The number of aromatic nitrogens is 2. The van der Waals surface area contributed by atoms with Crippen LogP contribution in [-0.2, 0) is 0 Å². The van der Waals surface area contributed by atoms with E-state index in [9.17, 15) is 4.39 Å². The number of unbranched alkanes of at least 4 members (excludes halogenated alkanes) is 4. The van der Waals surface area contributed by atoms with Gasteiger partial charge < -0.3 is 9.47 Å². The van der Waals surface area contributed by atoms with Crippen LogP contribution in [0.25, 0.3) is 22.5 Å². The highest BCUT2D eigenvalue weighted by atomic mass is 19.1. The molecule has 5 heteroatoms. The molecular formula is C28H35FN2O2. The third kappa shape index (κ3) is 8.16. The van der Waals surface area contributed by atoms with E-state index >= 15 is 0 Å². The first-order chi connectivity index (χ1) is 16.2. The second-order valence-corrected chi connectivity index (χ2v) is 8.30. The minimum Gasteiger partial charge on any atom is -0.494 e. The van der Waals surface area contributed by atoms with E-state index in [4.69, 9.17) is 9.47 Å².